The number of benzene rings is 1. The highest BCUT2D eigenvalue weighted by Gasteiger charge is 2.38. The van der Waals surface area contributed by atoms with Gasteiger partial charge in [-0.05, 0) is 122 Å². The van der Waals surface area contributed by atoms with Gasteiger partial charge in [-0.1, -0.05) is 55.4 Å². The molecule has 1 aromatic rings. The Balaban J connectivity index is 0.000000292. The first-order valence-corrected chi connectivity index (χ1v) is 11.8. The van der Waals surface area contributed by atoms with E-state index in [1.807, 2.05) is 0 Å². The van der Waals surface area contributed by atoms with Gasteiger partial charge in [-0.15, -0.1) is 0 Å². The summed E-state index contributed by atoms with van der Waals surface area (Å²) in [6.07, 6.45) is 0. The Morgan fingerprint density at radius 2 is 0.321 bits per heavy atom. The van der Waals surface area contributed by atoms with E-state index in [9.17, 15) is 0 Å². The molecule has 0 spiro atoms. The molecular formula is C28H50. The molecule has 0 unspecified atom stereocenters. The molecule has 1 aromatic carbocycles. The molecule has 1 aliphatic rings. The third-order valence-electron chi connectivity index (χ3n) is 10.0. The third kappa shape index (κ3) is 4.85. The van der Waals surface area contributed by atoms with E-state index in [2.05, 4.69) is 96.9 Å². The van der Waals surface area contributed by atoms with E-state index in [4.69, 9.17) is 0 Å². The van der Waals surface area contributed by atoms with Crippen LogP contribution in [0.2, 0.25) is 0 Å². The molecule has 1 fully saturated rings. The van der Waals surface area contributed by atoms with Crippen LogP contribution in [0.25, 0.3) is 0 Å². The van der Waals surface area contributed by atoms with Crippen LogP contribution in [0.1, 0.15) is 88.8 Å². The topological polar surface area (TPSA) is 0 Å². The summed E-state index contributed by atoms with van der Waals surface area (Å²) >= 11 is 0. The van der Waals surface area contributed by atoms with Crippen molar-refractivity contribution in [1.82, 2.24) is 0 Å². The fourth-order valence-electron chi connectivity index (χ4n) is 5.52. The van der Waals surface area contributed by atoms with Gasteiger partial charge >= 0.3 is 0 Å². The molecule has 0 bridgehead atoms. The van der Waals surface area contributed by atoms with Gasteiger partial charge in [0, 0.05) is 0 Å². The summed E-state index contributed by atoms with van der Waals surface area (Å²) in [5.41, 5.74) is 8.73. The highest BCUT2D eigenvalue weighted by molar-refractivity contribution is 5.48. The molecule has 28 heavy (non-hydrogen) atoms. The Kier molecular flexibility index (Phi) is 8.85. The second-order valence-electron chi connectivity index (χ2n) is 10.6. The molecule has 0 atom stereocenters. The lowest BCUT2D eigenvalue weighted by Gasteiger charge is -2.45. The van der Waals surface area contributed by atoms with Crippen LogP contribution in [0.5, 0.6) is 0 Å². The van der Waals surface area contributed by atoms with Gasteiger partial charge in [0.1, 0.15) is 0 Å². The SMILES string of the molecule is CC1C(C)C(C)C(C)C(C)C(C)C(C)C1C.Cc1c(C)c(C)c(C)c(C)c1C. The van der Waals surface area contributed by atoms with E-state index in [-0.39, 0.29) is 0 Å². The van der Waals surface area contributed by atoms with Gasteiger partial charge in [0.25, 0.3) is 0 Å². The molecule has 1 aliphatic carbocycles. The highest BCUT2D eigenvalue weighted by atomic mass is 14.4. The second kappa shape index (κ2) is 9.82. The van der Waals surface area contributed by atoms with Gasteiger partial charge < -0.3 is 0 Å². The van der Waals surface area contributed by atoms with Crippen LogP contribution in [0.15, 0.2) is 0 Å². The summed E-state index contributed by atoms with van der Waals surface area (Å²) in [5.74, 6) is 6.91. The van der Waals surface area contributed by atoms with Crippen LogP contribution in [0.3, 0.4) is 0 Å². The zero-order valence-electron chi connectivity index (χ0n) is 21.6. The molecule has 162 valence electrons. The number of hydrogen-bond acceptors (Lipinski definition) is 0. The summed E-state index contributed by atoms with van der Waals surface area (Å²) in [7, 11) is 0. The first-order chi connectivity index (χ1) is 12.7. The van der Waals surface area contributed by atoms with Crippen molar-refractivity contribution in [2.45, 2.75) is 96.9 Å². The van der Waals surface area contributed by atoms with Crippen molar-refractivity contribution in [2.24, 2.45) is 47.3 Å². The van der Waals surface area contributed by atoms with Gasteiger partial charge in [-0.2, -0.15) is 0 Å². The Bertz CT molecular complexity index is 459. The number of hydrogen-bond donors (Lipinski definition) is 0. The highest BCUT2D eigenvalue weighted by Crippen LogP contribution is 2.45. The normalized spacial score (nSPS) is 36.2. The minimum Gasteiger partial charge on any atom is -0.0620 e. The lowest BCUT2D eigenvalue weighted by molar-refractivity contribution is 0.0302. The molecule has 0 heterocycles. The van der Waals surface area contributed by atoms with E-state index in [0.717, 1.165) is 47.3 Å². The van der Waals surface area contributed by atoms with Crippen molar-refractivity contribution in [3.8, 4) is 0 Å². The van der Waals surface area contributed by atoms with Crippen molar-refractivity contribution in [2.75, 3.05) is 0 Å². The first-order valence-electron chi connectivity index (χ1n) is 11.8. The predicted molar refractivity (Wildman–Crippen MR) is 128 cm³/mol. The molecule has 0 amide bonds. The van der Waals surface area contributed by atoms with E-state index >= 15 is 0 Å². The molecule has 0 aliphatic heterocycles. The second-order valence-corrected chi connectivity index (χ2v) is 10.6. The summed E-state index contributed by atoms with van der Waals surface area (Å²) < 4.78 is 0. The lowest BCUT2D eigenvalue weighted by atomic mass is 9.60. The summed E-state index contributed by atoms with van der Waals surface area (Å²) in [4.78, 5) is 0. The van der Waals surface area contributed by atoms with Crippen LogP contribution < -0.4 is 0 Å². The summed E-state index contributed by atoms with van der Waals surface area (Å²) in [6, 6.07) is 0. The van der Waals surface area contributed by atoms with Gasteiger partial charge in [0.15, 0.2) is 0 Å². The van der Waals surface area contributed by atoms with E-state index < -0.39 is 0 Å². The molecule has 0 N–H and O–H groups in total. The van der Waals surface area contributed by atoms with Gasteiger partial charge in [0.05, 0.1) is 0 Å². The van der Waals surface area contributed by atoms with Crippen LogP contribution >= 0.6 is 0 Å². The monoisotopic (exact) mass is 386 g/mol. The minimum atomic E-state index is 0.863. The standard InChI is InChI=1S/C16H32.C12H18/c1-9-10(2)12(4)14(6)16(8)15(7)13(5)11(9)3;1-7-8(2)10(4)12(6)11(5)9(7)3/h9-16H,1-8H3;1-6H3. The van der Waals surface area contributed by atoms with Crippen LogP contribution in [-0.2, 0) is 0 Å². The largest absolute Gasteiger partial charge is 0.0620 e. The van der Waals surface area contributed by atoms with E-state index in [1.54, 1.807) is 0 Å². The molecule has 0 radical (unpaired) electrons. The summed E-state index contributed by atoms with van der Waals surface area (Å²) in [6.45, 7) is 33.0. The zero-order chi connectivity index (χ0) is 22.1. The van der Waals surface area contributed by atoms with E-state index in [0.29, 0.717) is 0 Å². The average Bonchev–Trinajstić information content (AvgIpc) is 2.70. The van der Waals surface area contributed by atoms with Gasteiger partial charge in [0.2, 0.25) is 0 Å². The number of rotatable bonds is 0. The molecule has 0 aromatic heterocycles. The van der Waals surface area contributed by atoms with Gasteiger partial charge in [-0.25, -0.2) is 0 Å². The fraction of sp³-hybridized carbons (Fsp3) is 0.786. The van der Waals surface area contributed by atoms with Crippen molar-refractivity contribution in [3.05, 3.63) is 33.4 Å². The minimum absolute atomic E-state index is 0.863. The Labute approximate surface area is 177 Å². The maximum atomic E-state index is 2.47. The molecule has 0 heteroatoms. The first kappa shape index (κ1) is 25.3. The smallest absolute Gasteiger partial charge is 0.0386 e. The summed E-state index contributed by atoms with van der Waals surface area (Å²) in [5, 5.41) is 0. The van der Waals surface area contributed by atoms with Crippen molar-refractivity contribution >= 4 is 0 Å². The third-order valence-corrected chi connectivity index (χ3v) is 10.0. The predicted octanol–water partition coefficient (Wildman–Crippen LogP) is 8.63. The Hall–Kier alpha value is -0.780. The Morgan fingerprint density at radius 1 is 0.250 bits per heavy atom. The Morgan fingerprint density at radius 3 is 0.393 bits per heavy atom. The van der Waals surface area contributed by atoms with Crippen LogP contribution in [-0.4, -0.2) is 0 Å². The van der Waals surface area contributed by atoms with E-state index in [1.165, 1.54) is 33.4 Å². The van der Waals surface area contributed by atoms with Crippen LogP contribution in [0, 0.1) is 88.9 Å². The zero-order valence-corrected chi connectivity index (χ0v) is 21.6. The van der Waals surface area contributed by atoms with Crippen LogP contribution in [0.4, 0.5) is 0 Å². The molecule has 1 saturated carbocycles. The molecule has 0 nitrogen and oxygen atoms in total. The fourth-order valence-corrected chi connectivity index (χ4v) is 5.52. The van der Waals surface area contributed by atoms with Crippen molar-refractivity contribution in [1.29, 1.82) is 0 Å². The maximum Gasteiger partial charge on any atom is -0.0386 e. The quantitative estimate of drug-likeness (QED) is 0.418. The van der Waals surface area contributed by atoms with Crippen molar-refractivity contribution in [3.63, 3.8) is 0 Å². The molecular weight excluding hydrogens is 336 g/mol. The average molecular weight is 387 g/mol. The molecule has 2 rings (SSSR count). The van der Waals surface area contributed by atoms with Gasteiger partial charge in [-0.3, -0.25) is 0 Å². The maximum absolute atomic E-state index is 2.47. The van der Waals surface area contributed by atoms with Crippen molar-refractivity contribution < 1.29 is 0 Å². The lowest BCUT2D eigenvalue weighted by Crippen LogP contribution is -2.39. The molecule has 0 saturated heterocycles.